The van der Waals surface area contributed by atoms with Gasteiger partial charge in [0.25, 0.3) is 0 Å². The number of fused-ring (bicyclic) bond motifs is 2. The lowest BCUT2D eigenvalue weighted by Crippen LogP contribution is -1.94. The van der Waals surface area contributed by atoms with E-state index in [1.54, 1.807) is 7.11 Å². The van der Waals surface area contributed by atoms with E-state index in [1.165, 1.54) is 5.56 Å². The number of hydrogen-bond donors (Lipinski definition) is 0. The van der Waals surface area contributed by atoms with Gasteiger partial charge in [-0.05, 0) is 25.1 Å². The summed E-state index contributed by atoms with van der Waals surface area (Å²) in [7, 11) is 1.65. The summed E-state index contributed by atoms with van der Waals surface area (Å²) in [6, 6.07) is 20.5. The molecule has 0 fully saturated rings. The van der Waals surface area contributed by atoms with E-state index in [4.69, 9.17) is 9.72 Å². The minimum absolute atomic E-state index is 0.608. The summed E-state index contributed by atoms with van der Waals surface area (Å²) in [5.74, 6) is 0.608. The van der Waals surface area contributed by atoms with Gasteiger partial charge in [0.05, 0.1) is 29.2 Å². The second-order valence-electron chi connectivity index (χ2n) is 5.63. The molecule has 0 aliphatic heterocycles. The second kappa shape index (κ2) is 5.36. The second-order valence-corrected chi connectivity index (χ2v) is 5.63. The lowest BCUT2D eigenvalue weighted by Gasteiger charge is -2.09. The van der Waals surface area contributed by atoms with Crippen molar-refractivity contribution in [3.8, 4) is 17.1 Å². The van der Waals surface area contributed by atoms with E-state index in [1.807, 2.05) is 24.3 Å². The largest absolute Gasteiger partial charge is 0.480 e. The van der Waals surface area contributed by atoms with Crippen molar-refractivity contribution >= 4 is 21.8 Å². The van der Waals surface area contributed by atoms with Gasteiger partial charge in [-0.25, -0.2) is 9.97 Å². The van der Waals surface area contributed by atoms with Crippen molar-refractivity contribution in [1.82, 2.24) is 9.97 Å². The number of aryl methyl sites for hydroxylation is 1. The number of ether oxygens (including phenoxy) is 1. The Bertz CT molecular complexity index is 1010. The summed E-state index contributed by atoms with van der Waals surface area (Å²) < 4.78 is 5.51. The minimum atomic E-state index is 0.608. The first-order valence-electron chi connectivity index (χ1n) is 7.56. The van der Waals surface area contributed by atoms with Gasteiger partial charge in [-0.15, -0.1) is 0 Å². The molecule has 2 heterocycles. The lowest BCUT2D eigenvalue weighted by molar-refractivity contribution is 0.404. The lowest BCUT2D eigenvalue weighted by atomic mass is 10.1. The van der Waals surface area contributed by atoms with Crippen LogP contribution in [0.4, 0.5) is 0 Å². The highest BCUT2D eigenvalue weighted by molar-refractivity contribution is 5.96. The van der Waals surface area contributed by atoms with Crippen molar-refractivity contribution in [1.29, 1.82) is 0 Å². The molecule has 2 aromatic carbocycles. The zero-order valence-electron chi connectivity index (χ0n) is 13.1. The molecule has 3 nitrogen and oxygen atoms in total. The zero-order chi connectivity index (χ0) is 15.8. The smallest absolute Gasteiger partial charge is 0.223 e. The highest BCUT2D eigenvalue weighted by Crippen LogP contribution is 2.30. The Morgan fingerprint density at radius 3 is 2.39 bits per heavy atom. The molecule has 3 heteroatoms. The molecule has 112 valence electrons. The van der Waals surface area contributed by atoms with Crippen LogP contribution in [0, 0.1) is 6.92 Å². The molecular weight excluding hydrogens is 284 g/mol. The number of methoxy groups -OCH3 is 1. The molecule has 0 aliphatic carbocycles. The average molecular weight is 300 g/mol. The Labute approximate surface area is 134 Å². The standard InChI is InChI=1S/C20H16N2O/c1-13-7-9-14(10-8-13)18-12-19-16(20(22-18)23-2)11-15-5-3-4-6-17(15)21-19/h3-12H,1-2H3. The van der Waals surface area contributed by atoms with Crippen LogP contribution in [0.2, 0.25) is 0 Å². The number of para-hydroxylation sites is 1. The van der Waals surface area contributed by atoms with E-state index >= 15 is 0 Å². The van der Waals surface area contributed by atoms with Gasteiger partial charge in [0.2, 0.25) is 5.88 Å². The molecule has 23 heavy (non-hydrogen) atoms. The Hall–Kier alpha value is -2.94. The highest BCUT2D eigenvalue weighted by atomic mass is 16.5. The van der Waals surface area contributed by atoms with Crippen LogP contribution in [0.5, 0.6) is 5.88 Å². The minimum Gasteiger partial charge on any atom is -0.480 e. The van der Waals surface area contributed by atoms with Crippen molar-refractivity contribution in [2.75, 3.05) is 7.11 Å². The summed E-state index contributed by atoms with van der Waals surface area (Å²) in [6.07, 6.45) is 0. The van der Waals surface area contributed by atoms with Gasteiger partial charge >= 0.3 is 0 Å². The number of nitrogens with zero attached hydrogens (tertiary/aromatic N) is 2. The van der Waals surface area contributed by atoms with Gasteiger partial charge in [-0.1, -0.05) is 48.0 Å². The fraction of sp³-hybridized carbons (Fsp3) is 0.100. The van der Waals surface area contributed by atoms with E-state index in [-0.39, 0.29) is 0 Å². The topological polar surface area (TPSA) is 35.0 Å². The monoisotopic (exact) mass is 300 g/mol. The van der Waals surface area contributed by atoms with E-state index in [9.17, 15) is 0 Å². The van der Waals surface area contributed by atoms with Gasteiger partial charge < -0.3 is 4.74 Å². The van der Waals surface area contributed by atoms with Gasteiger partial charge in [-0.3, -0.25) is 0 Å². The Balaban J connectivity index is 2.00. The van der Waals surface area contributed by atoms with Gasteiger partial charge in [-0.2, -0.15) is 0 Å². The fourth-order valence-electron chi connectivity index (χ4n) is 2.77. The molecule has 0 amide bonds. The van der Waals surface area contributed by atoms with Crippen molar-refractivity contribution in [3.05, 3.63) is 66.2 Å². The predicted octanol–water partition coefficient (Wildman–Crippen LogP) is 4.77. The number of benzene rings is 2. The molecular formula is C20H16N2O. The first kappa shape index (κ1) is 13.7. The van der Waals surface area contributed by atoms with Crippen molar-refractivity contribution in [2.45, 2.75) is 6.92 Å². The number of hydrogen-bond acceptors (Lipinski definition) is 3. The maximum absolute atomic E-state index is 5.51. The van der Waals surface area contributed by atoms with E-state index < -0.39 is 0 Å². The number of pyridine rings is 2. The third-order valence-corrected chi connectivity index (χ3v) is 4.02. The zero-order valence-corrected chi connectivity index (χ0v) is 13.1. The molecule has 0 saturated carbocycles. The Morgan fingerprint density at radius 2 is 1.61 bits per heavy atom. The quantitative estimate of drug-likeness (QED) is 0.500. The molecule has 0 radical (unpaired) electrons. The first-order chi connectivity index (χ1) is 11.2. The van der Waals surface area contributed by atoms with Crippen LogP contribution >= 0.6 is 0 Å². The molecule has 0 atom stereocenters. The SMILES string of the molecule is COc1nc(-c2ccc(C)cc2)cc2nc3ccccc3cc12. The maximum Gasteiger partial charge on any atom is 0.223 e. The van der Waals surface area contributed by atoms with Crippen molar-refractivity contribution in [2.24, 2.45) is 0 Å². The molecule has 2 aromatic heterocycles. The van der Waals surface area contributed by atoms with Crippen LogP contribution in [0.25, 0.3) is 33.1 Å². The highest BCUT2D eigenvalue weighted by Gasteiger charge is 2.10. The normalized spacial score (nSPS) is 11.0. The molecule has 0 unspecified atom stereocenters. The third-order valence-electron chi connectivity index (χ3n) is 4.02. The number of rotatable bonds is 2. The van der Waals surface area contributed by atoms with E-state index in [0.717, 1.165) is 33.1 Å². The fourth-order valence-corrected chi connectivity index (χ4v) is 2.77. The maximum atomic E-state index is 5.51. The van der Waals surface area contributed by atoms with Crippen LogP contribution in [0.1, 0.15) is 5.56 Å². The van der Waals surface area contributed by atoms with Crippen molar-refractivity contribution in [3.63, 3.8) is 0 Å². The summed E-state index contributed by atoms with van der Waals surface area (Å²) >= 11 is 0. The summed E-state index contributed by atoms with van der Waals surface area (Å²) in [6.45, 7) is 2.08. The Morgan fingerprint density at radius 1 is 0.826 bits per heavy atom. The predicted molar refractivity (Wildman–Crippen MR) is 93.8 cm³/mol. The van der Waals surface area contributed by atoms with Crippen LogP contribution in [0.15, 0.2) is 60.7 Å². The molecule has 4 rings (SSSR count). The molecule has 4 aromatic rings. The van der Waals surface area contributed by atoms with Crippen LogP contribution in [0.3, 0.4) is 0 Å². The van der Waals surface area contributed by atoms with Crippen molar-refractivity contribution < 1.29 is 4.74 Å². The molecule has 0 N–H and O–H groups in total. The van der Waals surface area contributed by atoms with Crippen LogP contribution in [-0.4, -0.2) is 17.1 Å². The van der Waals surface area contributed by atoms with Gasteiger partial charge in [0, 0.05) is 10.9 Å². The molecule has 0 aliphatic rings. The van der Waals surface area contributed by atoms with Gasteiger partial charge in [0.1, 0.15) is 0 Å². The molecule has 0 spiro atoms. The average Bonchev–Trinajstić information content (AvgIpc) is 2.59. The first-order valence-corrected chi connectivity index (χ1v) is 7.56. The Kier molecular flexibility index (Phi) is 3.19. The van der Waals surface area contributed by atoms with Crippen LogP contribution in [-0.2, 0) is 0 Å². The molecule has 0 saturated heterocycles. The van der Waals surface area contributed by atoms with E-state index in [0.29, 0.717) is 5.88 Å². The molecule has 0 bridgehead atoms. The summed E-state index contributed by atoms with van der Waals surface area (Å²) in [5.41, 5.74) is 5.03. The third kappa shape index (κ3) is 2.40. The summed E-state index contributed by atoms with van der Waals surface area (Å²) in [4.78, 5) is 9.43. The summed E-state index contributed by atoms with van der Waals surface area (Å²) in [5, 5.41) is 2.02. The number of aromatic nitrogens is 2. The van der Waals surface area contributed by atoms with Gasteiger partial charge in [0.15, 0.2) is 0 Å². The van der Waals surface area contributed by atoms with Crippen LogP contribution < -0.4 is 4.74 Å². The van der Waals surface area contributed by atoms with E-state index in [2.05, 4.69) is 48.3 Å².